The Hall–Kier alpha value is -3.60. The van der Waals surface area contributed by atoms with Gasteiger partial charge >= 0.3 is 5.97 Å². The summed E-state index contributed by atoms with van der Waals surface area (Å²) in [5.74, 6) is -0.499. The maximum atomic E-state index is 12.8. The number of carboxylic acid groups (broad SMARTS) is 1. The van der Waals surface area contributed by atoms with E-state index in [1.807, 2.05) is 48.5 Å². The molecule has 4 rings (SSSR count). The lowest BCUT2D eigenvalue weighted by atomic mass is 10.1. The van der Waals surface area contributed by atoms with Gasteiger partial charge in [0.25, 0.3) is 0 Å². The van der Waals surface area contributed by atoms with Crippen molar-refractivity contribution in [3.8, 4) is 5.75 Å². The van der Waals surface area contributed by atoms with Crippen LogP contribution in [0.3, 0.4) is 0 Å². The van der Waals surface area contributed by atoms with Crippen LogP contribution in [-0.4, -0.2) is 22.8 Å². The minimum Gasteiger partial charge on any atom is -0.496 e. The number of aromatic carboxylic acids is 1. The molecule has 1 aromatic heterocycles. The van der Waals surface area contributed by atoms with E-state index >= 15 is 0 Å². The van der Waals surface area contributed by atoms with Gasteiger partial charge < -0.3 is 14.4 Å². The molecule has 134 valence electrons. The normalized spacial score (nSPS) is 11.0. The first-order valence-corrected chi connectivity index (χ1v) is 8.50. The lowest BCUT2D eigenvalue weighted by Crippen LogP contribution is -2.12. The highest BCUT2D eigenvalue weighted by atomic mass is 16.5. The number of para-hydroxylation sites is 2. The molecule has 0 atom stereocenters. The third-order valence-electron chi connectivity index (χ3n) is 4.74. The molecule has 0 radical (unpaired) electrons. The summed E-state index contributed by atoms with van der Waals surface area (Å²) >= 11 is 0. The molecule has 4 aromatic rings. The molecule has 5 heteroatoms. The van der Waals surface area contributed by atoms with Gasteiger partial charge in [0.1, 0.15) is 5.75 Å². The second kappa shape index (κ2) is 6.61. The summed E-state index contributed by atoms with van der Waals surface area (Å²) < 4.78 is 7.48. The van der Waals surface area contributed by atoms with Crippen molar-refractivity contribution in [2.75, 3.05) is 7.11 Å². The highest BCUT2D eigenvalue weighted by Gasteiger charge is 2.14. The number of carbonyl (C=O) groups is 1. The second-order valence-electron chi connectivity index (χ2n) is 6.28. The van der Waals surface area contributed by atoms with Crippen LogP contribution in [0.5, 0.6) is 5.75 Å². The molecule has 3 aromatic carbocycles. The maximum absolute atomic E-state index is 12.8. The van der Waals surface area contributed by atoms with Gasteiger partial charge in [-0.1, -0.05) is 30.3 Å². The number of fused-ring (bicyclic) bond motifs is 2. The van der Waals surface area contributed by atoms with Crippen LogP contribution in [0.25, 0.3) is 21.8 Å². The van der Waals surface area contributed by atoms with E-state index in [9.17, 15) is 14.7 Å². The van der Waals surface area contributed by atoms with Gasteiger partial charge in [-0.2, -0.15) is 0 Å². The molecule has 0 aliphatic rings. The van der Waals surface area contributed by atoms with E-state index in [1.165, 1.54) is 13.2 Å². The third-order valence-corrected chi connectivity index (χ3v) is 4.74. The summed E-state index contributed by atoms with van der Waals surface area (Å²) in [4.78, 5) is 24.1. The van der Waals surface area contributed by atoms with Crippen LogP contribution in [0.4, 0.5) is 0 Å². The predicted octanol–water partition coefficient (Wildman–Crippen LogP) is 3.91. The zero-order valence-electron chi connectivity index (χ0n) is 14.7. The molecular weight excluding hydrogens is 342 g/mol. The van der Waals surface area contributed by atoms with Gasteiger partial charge in [0, 0.05) is 16.3 Å². The molecule has 0 aliphatic heterocycles. The number of methoxy groups -OCH3 is 1. The highest BCUT2D eigenvalue weighted by molar-refractivity contribution is 5.93. The summed E-state index contributed by atoms with van der Waals surface area (Å²) in [5, 5.41) is 10.5. The number of benzene rings is 3. The Morgan fingerprint density at radius 1 is 0.963 bits per heavy atom. The number of nitrogens with zero attached hydrogens (tertiary/aromatic N) is 1. The zero-order valence-corrected chi connectivity index (χ0v) is 14.7. The van der Waals surface area contributed by atoms with Gasteiger partial charge in [0.2, 0.25) is 0 Å². The molecule has 0 saturated heterocycles. The third kappa shape index (κ3) is 2.83. The summed E-state index contributed by atoms with van der Waals surface area (Å²) in [6.07, 6.45) is 0. The van der Waals surface area contributed by atoms with E-state index in [-0.39, 0.29) is 11.0 Å². The highest BCUT2D eigenvalue weighted by Crippen LogP contribution is 2.25. The second-order valence-corrected chi connectivity index (χ2v) is 6.28. The number of pyridine rings is 1. The van der Waals surface area contributed by atoms with E-state index in [4.69, 9.17) is 4.74 Å². The molecule has 1 N–H and O–H groups in total. The van der Waals surface area contributed by atoms with Gasteiger partial charge in [-0.05, 0) is 36.4 Å². The minimum absolute atomic E-state index is 0.00522. The Balaban J connectivity index is 1.98. The van der Waals surface area contributed by atoms with Crippen LogP contribution in [0, 0.1) is 0 Å². The Morgan fingerprint density at radius 2 is 1.56 bits per heavy atom. The van der Waals surface area contributed by atoms with Crippen LogP contribution in [-0.2, 0) is 6.54 Å². The molecule has 0 bridgehead atoms. The molecule has 0 spiro atoms. The summed E-state index contributed by atoms with van der Waals surface area (Å²) in [6, 6.07) is 19.8. The van der Waals surface area contributed by atoms with Crippen LogP contribution < -0.4 is 10.2 Å². The maximum Gasteiger partial charge on any atom is 0.335 e. The number of aromatic nitrogens is 1. The number of hydrogen-bond donors (Lipinski definition) is 1. The van der Waals surface area contributed by atoms with Gasteiger partial charge in [0.15, 0.2) is 5.43 Å². The molecule has 0 aliphatic carbocycles. The van der Waals surface area contributed by atoms with E-state index in [0.717, 1.165) is 16.6 Å². The lowest BCUT2D eigenvalue weighted by Gasteiger charge is -2.17. The van der Waals surface area contributed by atoms with Crippen LogP contribution in [0.15, 0.2) is 71.5 Å². The van der Waals surface area contributed by atoms with E-state index in [2.05, 4.69) is 4.57 Å². The Bertz CT molecular complexity index is 1180. The van der Waals surface area contributed by atoms with E-state index in [1.54, 1.807) is 12.1 Å². The number of ether oxygens (including phenoxy) is 1. The van der Waals surface area contributed by atoms with Crippen molar-refractivity contribution in [1.29, 1.82) is 0 Å². The van der Waals surface area contributed by atoms with Crippen LogP contribution in [0.1, 0.15) is 15.9 Å². The minimum atomic E-state index is -1.00. The average molecular weight is 359 g/mol. The molecule has 0 amide bonds. The topological polar surface area (TPSA) is 68.5 Å². The first-order chi connectivity index (χ1) is 13.1. The van der Waals surface area contributed by atoms with Crippen molar-refractivity contribution >= 4 is 27.8 Å². The standard InChI is InChI=1S/C22H17NO4/c1-27-20-12-14(22(25)26)10-11-15(20)13-23-18-8-4-2-6-16(18)21(24)17-7-3-5-9-19(17)23/h2-12H,13H2,1H3,(H,25,26). The molecule has 0 fully saturated rings. The van der Waals surface area contributed by atoms with Crippen LogP contribution in [0.2, 0.25) is 0 Å². The fraction of sp³-hybridized carbons (Fsp3) is 0.0909. The molecule has 5 nitrogen and oxygen atoms in total. The number of hydrogen-bond acceptors (Lipinski definition) is 3. The van der Waals surface area contributed by atoms with Gasteiger partial charge in [-0.15, -0.1) is 0 Å². The van der Waals surface area contributed by atoms with Crippen molar-refractivity contribution in [3.05, 3.63) is 88.1 Å². The van der Waals surface area contributed by atoms with E-state index < -0.39 is 5.97 Å². The summed E-state index contributed by atoms with van der Waals surface area (Å²) in [6.45, 7) is 0.449. The van der Waals surface area contributed by atoms with Gasteiger partial charge in [-0.25, -0.2) is 4.79 Å². The zero-order chi connectivity index (χ0) is 19.0. The largest absolute Gasteiger partial charge is 0.496 e. The summed E-state index contributed by atoms with van der Waals surface area (Å²) in [7, 11) is 1.52. The lowest BCUT2D eigenvalue weighted by molar-refractivity contribution is 0.0696. The van der Waals surface area contributed by atoms with Crippen molar-refractivity contribution in [2.24, 2.45) is 0 Å². The van der Waals surface area contributed by atoms with Crippen molar-refractivity contribution in [2.45, 2.75) is 6.54 Å². The first kappa shape index (κ1) is 16.8. The van der Waals surface area contributed by atoms with E-state index in [0.29, 0.717) is 23.1 Å². The van der Waals surface area contributed by atoms with Crippen molar-refractivity contribution in [3.63, 3.8) is 0 Å². The van der Waals surface area contributed by atoms with Crippen molar-refractivity contribution < 1.29 is 14.6 Å². The molecule has 1 heterocycles. The fourth-order valence-electron chi connectivity index (χ4n) is 3.43. The quantitative estimate of drug-likeness (QED) is 0.561. The first-order valence-electron chi connectivity index (χ1n) is 8.50. The molecule has 0 saturated carbocycles. The summed E-state index contributed by atoms with van der Waals surface area (Å²) in [5.41, 5.74) is 2.66. The number of rotatable bonds is 4. The Kier molecular flexibility index (Phi) is 4.12. The Morgan fingerprint density at radius 3 is 2.11 bits per heavy atom. The Labute approximate surface area is 155 Å². The average Bonchev–Trinajstić information content (AvgIpc) is 2.71. The molecular formula is C22H17NO4. The monoisotopic (exact) mass is 359 g/mol. The van der Waals surface area contributed by atoms with Crippen LogP contribution >= 0.6 is 0 Å². The SMILES string of the molecule is COc1cc(C(=O)O)ccc1Cn1c2ccccc2c(=O)c2ccccc21. The van der Waals surface area contributed by atoms with Gasteiger partial charge in [-0.3, -0.25) is 4.79 Å². The van der Waals surface area contributed by atoms with Crippen molar-refractivity contribution in [1.82, 2.24) is 4.57 Å². The predicted molar refractivity (Wildman–Crippen MR) is 105 cm³/mol. The fourth-order valence-corrected chi connectivity index (χ4v) is 3.43. The number of carboxylic acids is 1. The molecule has 27 heavy (non-hydrogen) atoms. The molecule has 0 unspecified atom stereocenters. The van der Waals surface area contributed by atoms with Gasteiger partial charge in [0.05, 0.1) is 30.3 Å². The smallest absolute Gasteiger partial charge is 0.335 e.